The van der Waals surface area contributed by atoms with Gasteiger partial charge in [-0.25, -0.2) is 0 Å². The summed E-state index contributed by atoms with van der Waals surface area (Å²) in [5.74, 6) is -0.434. The van der Waals surface area contributed by atoms with Crippen molar-refractivity contribution in [2.24, 2.45) is 0 Å². The summed E-state index contributed by atoms with van der Waals surface area (Å²) < 4.78 is 11.6. The van der Waals surface area contributed by atoms with Crippen molar-refractivity contribution in [1.82, 2.24) is 0 Å². The van der Waals surface area contributed by atoms with Gasteiger partial charge in [-0.3, -0.25) is 20.2 Å². The van der Waals surface area contributed by atoms with Crippen LogP contribution in [0.25, 0.3) is 10.8 Å². The summed E-state index contributed by atoms with van der Waals surface area (Å²) >= 11 is 0. The van der Waals surface area contributed by atoms with Crippen LogP contribution in [-0.2, 0) is 0 Å². The lowest BCUT2D eigenvalue weighted by molar-refractivity contribution is -0.386. The number of ether oxygens (including phenoxy) is 2. The summed E-state index contributed by atoms with van der Waals surface area (Å²) in [6, 6.07) is 17.8. The Kier molecular flexibility index (Phi) is 5.17. The molecule has 0 heterocycles. The van der Waals surface area contributed by atoms with Crippen molar-refractivity contribution in [2.75, 3.05) is 0 Å². The highest BCUT2D eigenvalue weighted by molar-refractivity contribution is 5.86. The van der Waals surface area contributed by atoms with Crippen LogP contribution in [-0.4, -0.2) is 20.1 Å². The number of hydrogen-bond acceptors (Lipinski definition) is 8. The second-order valence-electron chi connectivity index (χ2n) is 6.67. The standard InChI is InChI=1S/C22H14N2O8/c25-19-11-15(5-7-17(19)23(27)28)31-21-9-13-3-1-2-4-14(13)10-22(21)32-16-6-8-18(24(29)30)20(26)12-16/h1-12,25-26H. The van der Waals surface area contributed by atoms with Gasteiger partial charge in [0.05, 0.1) is 9.85 Å². The van der Waals surface area contributed by atoms with E-state index in [9.17, 15) is 30.4 Å². The predicted molar refractivity (Wildman–Crippen MR) is 114 cm³/mol. The van der Waals surface area contributed by atoms with Crippen molar-refractivity contribution in [3.05, 3.63) is 93.0 Å². The number of aromatic hydroxyl groups is 2. The predicted octanol–water partition coefficient (Wildman–Crippen LogP) is 5.65. The fraction of sp³-hybridized carbons (Fsp3) is 0. The second-order valence-corrected chi connectivity index (χ2v) is 6.67. The highest BCUT2D eigenvalue weighted by atomic mass is 16.6. The summed E-state index contributed by atoms with van der Waals surface area (Å²) in [6.45, 7) is 0. The van der Waals surface area contributed by atoms with Gasteiger partial charge in [0.2, 0.25) is 0 Å². The van der Waals surface area contributed by atoms with Crippen LogP contribution in [0.15, 0.2) is 72.8 Å². The Morgan fingerprint density at radius 3 is 1.38 bits per heavy atom. The van der Waals surface area contributed by atoms with E-state index in [-0.39, 0.29) is 23.0 Å². The summed E-state index contributed by atoms with van der Waals surface area (Å²) in [5, 5.41) is 43.2. The monoisotopic (exact) mass is 434 g/mol. The molecule has 4 rings (SSSR count). The molecule has 0 fully saturated rings. The lowest BCUT2D eigenvalue weighted by Crippen LogP contribution is -1.93. The number of nitro groups is 2. The maximum absolute atomic E-state index is 10.9. The lowest BCUT2D eigenvalue weighted by atomic mass is 10.1. The van der Waals surface area contributed by atoms with E-state index in [4.69, 9.17) is 9.47 Å². The van der Waals surface area contributed by atoms with Crippen LogP contribution in [0.5, 0.6) is 34.5 Å². The van der Waals surface area contributed by atoms with E-state index in [0.717, 1.165) is 35.0 Å². The number of benzene rings is 4. The quantitative estimate of drug-likeness (QED) is 0.292. The number of hydrogen-bond donors (Lipinski definition) is 2. The molecule has 0 bridgehead atoms. The van der Waals surface area contributed by atoms with Gasteiger partial charge in [-0.1, -0.05) is 24.3 Å². The molecule has 160 valence electrons. The highest BCUT2D eigenvalue weighted by Crippen LogP contribution is 2.41. The third-order valence-corrected chi connectivity index (χ3v) is 4.55. The zero-order valence-electron chi connectivity index (χ0n) is 16.2. The largest absolute Gasteiger partial charge is 0.502 e. The minimum Gasteiger partial charge on any atom is -0.502 e. The van der Waals surface area contributed by atoms with Crippen LogP contribution in [0.3, 0.4) is 0 Å². The first-order chi connectivity index (χ1) is 15.3. The minimum atomic E-state index is -0.718. The fourth-order valence-electron chi connectivity index (χ4n) is 3.05. The van der Waals surface area contributed by atoms with Gasteiger partial charge in [-0.15, -0.1) is 0 Å². The summed E-state index contributed by atoms with van der Waals surface area (Å²) in [5.41, 5.74) is -0.928. The fourth-order valence-corrected chi connectivity index (χ4v) is 3.05. The molecule has 10 heteroatoms. The van der Waals surface area contributed by atoms with Crippen LogP contribution >= 0.6 is 0 Å². The Labute approximate surface area is 179 Å². The molecule has 0 unspecified atom stereocenters. The number of fused-ring (bicyclic) bond motifs is 1. The number of nitro benzene ring substituents is 2. The Balaban J connectivity index is 1.74. The van der Waals surface area contributed by atoms with E-state index in [2.05, 4.69) is 0 Å². The van der Waals surface area contributed by atoms with E-state index in [0.29, 0.717) is 0 Å². The van der Waals surface area contributed by atoms with Gasteiger partial charge < -0.3 is 19.7 Å². The Morgan fingerprint density at radius 2 is 1.03 bits per heavy atom. The molecule has 0 aliphatic heterocycles. The molecule has 0 aliphatic rings. The Bertz CT molecular complexity index is 1270. The molecular weight excluding hydrogens is 420 g/mol. The molecule has 4 aromatic carbocycles. The van der Waals surface area contributed by atoms with E-state index >= 15 is 0 Å². The summed E-state index contributed by atoms with van der Waals surface area (Å²) in [4.78, 5) is 20.4. The molecule has 0 aliphatic carbocycles. The second kappa shape index (κ2) is 8.11. The molecule has 0 saturated carbocycles. The smallest absolute Gasteiger partial charge is 0.310 e. The van der Waals surface area contributed by atoms with Gasteiger partial charge in [0.15, 0.2) is 23.0 Å². The average molecular weight is 434 g/mol. The molecule has 0 radical (unpaired) electrons. The van der Waals surface area contributed by atoms with Crippen LogP contribution < -0.4 is 9.47 Å². The van der Waals surface area contributed by atoms with Gasteiger partial charge in [0.1, 0.15) is 11.5 Å². The van der Waals surface area contributed by atoms with Gasteiger partial charge in [0.25, 0.3) is 0 Å². The molecule has 0 spiro atoms. The van der Waals surface area contributed by atoms with Gasteiger partial charge in [0, 0.05) is 24.3 Å². The molecule has 10 nitrogen and oxygen atoms in total. The molecule has 0 amide bonds. The SMILES string of the molecule is O=[N+]([O-])c1ccc(Oc2cc3ccccc3cc2Oc2ccc([N+](=O)[O-])c(O)c2)cc1O. The number of phenols is 2. The van der Waals surface area contributed by atoms with Crippen molar-refractivity contribution >= 4 is 22.1 Å². The Hall–Kier alpha value is -4.86. The van der Waals surface area contributed by atoms with Crippen molar-refractivity contribution in [1.29, 1.82) is 0 Å². The van der Waals surface area contributed by atoms with E-state index in [1.165, 1.54) is 12.1 Å². The average Bonchev–Trinajstić information content (AvgIpc) is 2.73. The summed E-state index contributed by atoms with van der Waals surface area (Å²) in [7, 11) is 0. The maximum Gasteiger partial charge on any atom is 0.310 e. The zero-order chi connectivity index (χ0) is 22.8. The van der Waals surface area contributed by atoms with Crippen molar-refractivity contribution < 1.29 is 29.5 Å². The number of phenolic OH excluding ortho intramolecular Hbond substituents is 2. The Morgan fingerprint density at radius 1 is 0.625 bits per heavy atom. The molecule has 0 atom stereocenters. The first-order valence-corrected chi connectivity index (χ1v) is 9.15. The number of nitrogens with zero attached hydrogens (tertiary/aromatic N) is 2. The van der Waals surface area contributed by atoms with Gasteiger partial charge in [-0.2, -0.15) is 0 Å². The molecule has 4 aromatic rings. The topological polar surface area (TPSA) is 145 Å². The van der Waals surface area contributed by atoms with Crippen LogP contribution in [0.1, 0.15) is 0 Å². The van der Waals surface area contributed by atoms with E-state index in [1.54, 1.807) is 12.1 Å². The van der Waals surface area contributed by atoms with Gasteiger partial charge >= 0.3 is 11.4 Å². The number of rotatable bonds is 6. The maximum atomic E-state index is 10.9. The molecule has 0 aromatic heterocycles. The lowest BCUT2D eigenvalue weighted by Gasteiger charge is -2.14. The summed E-state index contributed by atoms with van der Waals surface area (Å²) in [6.07, 6.45) is 0. The van der Waals surface area contributed by atoms with Gasteiger partial charge in [-0.05, 0) is 35.0 Å². The van der Waals surface area contributed by atoms with Crippen molar-refractivity contribution in [3.63, 3.8) is 0 Å². The third-order valence-electron chi connectivity index (χ3n) is 4.55. The molecule has 2 N–H and O–H groups in total. The molecule has 0 saturated heterocycles. The normalized spacial score (nSPS) is 10.6. The highest BCUT2D eigenvalue weighted by Gasteiger charge is 2.18. The minimum absolute atomic E-state index is 0.125. The van der Waals surface area contributed by atoms with Crippen LogP contribution in [0, 0.1) is 20.2 Å². The van der Waals surface area contributed by atoms with Crippen molar-refractivity contribution in [3.8, 4) is 34.5 Å². The first-order valence-electron chi connectivity index (χ1n) is 9.15. The molecular formula is C22H14N2O8. The van der Waals surface area contributed by atoms with E-state index in [1.807, 2.05) is 24.3 Å². The van der Waals surface area contributed by atoms with Crippen molar-refractivity contribution in [2.45, 2.75) is 0 Å². The third kappa shape index (κ3) is 4.05. The van der Waals surface area contributed by atoms with E-state index < -0.39 is 32.7 Å². The first kappa shape index (κ1) is 20.4. The van der Waals surface area contributed by atoms with Crippen LogP contribution in [0.4, 0.5) is 11.4 Å². The molecule has 32 heavy (non-hydrogen) atoms. The zero-order valence-corrected chi connectivity index (χ0v) is 16.2. The van der Waals surface area contributed by atoms with Crippen LogP contribution in [0.2, 0.25) is 0 Å².